The molecule has 2 aromatic rings. The van der Waals surface area contributed by atoms with Crippen molar-refractivity contribution in [1.82, 2.24) is 4.90 Å². The molecule has 3 heterocycles. The van der Waals surface area contributed by atoms with Gasteiger partial charge in [-0.15, -0.1) is 0 Å². The van der Waals surface area contributed by atoms with Crippen molar-refractivity contribution in [2.75, 3.05) is 46.5 Å². The van der Waals surface area contributed by atoms with Gasteiger partial charge in [-0.2, -0.15) is 0 Å². The van der Waals surface area contributed by atoms with E-state index in [1.807, 2.05) is 0 Å². The number of morpholine rings is 1. The van der Waals surface area contributed by atoms with E-state index in [0.29, 0.717) is 43.4 Å². The summed E-state index contributed by atoms with van der Waals surface area (Å²) >= 11 is 0. The Labute approximate surface area is 174 Å². The molecule has 2 N–H and O–H groups in total. The number of ketones is 1. The van der Waals surface area contributed by atoms with E-state index in [4.69, 9.17) is 13.9 Å². The molecule has 0 radical (unpaired) electrons. The molecule has 1 aromatic heterocycles. The summed E-state index contributed by atoms with van der Waals surface area (Å²) in [5, 5.41) is 11.0. The number of aliphatic hydroxyl groups excluding tert-OH is 1. The average molecular weight is 413 g/mol. The molecule has 2 saturated heterocycles. The lowest BCUT2D eigenvalue weighted by Crippen LogP contribution is -3.14. The van der Waals surface area contributed by atoms with E-state index in [1.54, 1.807) is 36.4 Å². The molecule has 0 spiro atoms. The van der Waals surface area contributed by atoms with Gasteiger partial charge in [0.1, 0.15) is 36.4 Å². The fraction of sp³-hybridized carbons (Fsp3) is 0.364. The number of quaternary nitrogens is 1. The van der Waals surface area contributed by atoms with E-state index in [1.165, 1.54) is 23.2 Å². The number of hydrogen-bond acceptors (Lipinski definition) is 6. The van der Waals surface area contributed by atoms with Crippen LogP contribution in [0, 0.1) is 0 Å². The molecule has 8 nitrogen and oxygen atoms in total. The van der Waals surface area contributed by atoms with E-state index >= 15 is 0 Å². The lowest BCUT2D eigenvalue weighted by Gasteiger charge is -2.28. The Kier molecular flexibility index (Phi) is 5.87. The molecule has 0 aliphatic carbocycles. The molecule has 158 valence electrons. The van der Waals surface area contributed by atoms with Gasteiger partial charge in [-0.3, -0.25) is 9.59 Å². The van der Waals surface area contributed by atoms with Crippen molar-refractivity contribution in [2.45, 2.75) is 6.04 Å². The summed E-state index contributed by atoms with van der Waals surface area (Å²) in [6.07, 6.45) is 1.49. The quantitative estimate of drug-likeness (QED) is 0.410. The number of carbonyl (C=O) groups is 2. The molecule has 30 heavy (non-hydrogen) atoms. The fourth-order valence-electron chi connectivity index (χ4n) is 3.97. The fourth-order valence-corrected chi connectivity index (χ4v) is 3.97. The van der Waals surface area contributed by atoms with E-state index in [2.05, 4.69) is 0 Å². The zero-order valence-electron chi connectivity index (χ0n) is 16.8. The Bertz CT molecular complexity index is 946. The van der Waals surface area contributed by atoms with Crippen molar-refractivity contribution in [3.63, 3.8) is 0 Å². The van der Waals surface area contributed by atoms with Gasteiger partial charge < -0.3 is 28.8 Å². The Hall–Kier alpha value is -3.10. The van der Waals surface area contributed by atoms with Gasteiger partial charge in [-0.25, -0.2) is 0 Å². The largest absolute Gasteiger partial charge is 0.507 e. The number of aliphatic hydroxyl groups is 1. The van der Waals surface area contributed by atoms with Crippen LogP contribution in [-0.2, 0) is 14.3 Å². The molecule has 0 saturated carbocycles. The molecule has 2 fully saturated rings. The van der Waals surface area contributed by atoms with Crippen LogP contribution in [0.25, 0.3) is 5.76 Å². The van der Waals surface area contributed by atoms with Crippen LogP contribution in [0.2, 0.25) is 0 Å². The van der Waals surface area contributed by atoms with Crippen molar-refractivity contribution in [1.29, 1.82) is 0 Å². The molecule has 8 heteroatoms. The number of Topliss-reactive ketones (excluding diaryl/α,β-unsaturated/α-hetero) is 1. The van der Waals surface area contributed by atoms with Crippen LogP contribution in [-0.4, -0.2) is 68.2 Å². The molecule has 2 aliphatic heterocycles. The highest BCUT2D eigenvalue weighted by atomic mass is 16.5. The first-order chi connectivity index (χ1) is 14.6. The summed E-state index contributed by atoms with van der Waals surface area (Å²) in [6.45, 7) is 4.16. The average Bonchev–Trinajstić information content (AvgIpc) is 3.40. The van der Waals surface area contributed by atoms with Gasteiger partial charge in [-0.1, -0.05) is 12.1 Å². The van der Waals surface area contributed by atoms with Crippen LogP contribution < -0.4 is 9.64 Å². The highest BCUT2D eigenvalue weighted by molar-refractivity contribution is 6.46. The van der Waals surface area contributed by atoms with Crippen LogP contribution in [0.15, 0.2) is 52.7 Å². The number of rotatable bonds is 6. The van der Waals surface area contributed by atoms with Crippen molar-refractivity contribution >= 4 is 17.4 Å². The number of amides is 1. The zero-order valence-corrected chi connectivity index (χ0v) is 16.8. The first-order valence-corrected chi connectivity index (χ1v) is 9.97. The van der Waals surface area contributed by atoms with Crippen molar-refractivity contribution < 1.29 is 33.5 Å². The van der Waals surface area contributed by atoms with Gasteiger partial charge in [0, 0.05) is 5.56 Å². The molecule has 1 atom stereocenters. The zero-order chi connectivity index (χ0) is 21.1. The Morgan fingerprint density at radius 2 is 2.03 bits per heavy atom. The molecule has 1 amide bonds. The Morgan fingerprint density at radius 1 is 1.23 bits per heavy atom. The number of nitrogens with one attached hydrogen (secondary N) is 1. The molecule has 4 rings (SSSR count). The summed E-state index contributed by atoms with van der Waals surface area (Å²) < 4.78 is 16.2. The maximum absolute atomic E-state index is 12.9. The maximum atomic E-state index is 12.9. The molecular weight excluding hydrogens is 388 g/mol. The monoisotopic (exact) mass is 413 g/mol. The number of hydrogen-bond donors (Lipinski definition) is 2. The number of benzene rings is 1. The number of nitrogens with zero attached hydrogens (tertiary/aromatic N) is 1. The van der Waals surface area contributed by atoms with Crippen LogP contribution in [0.1, 0.15) is 17.4 Å². The van der Waals surface area contributed by atoms with Crippen LogP contribution >= 0.6 is 0 Å². The van der Waals surface area contributed by atoms with E-state index in [9.17, 15) is 14.7 Å². The lowest BCUT2D eigenvalue weighted by molar-refractivity contribution is -0.907. The second-order valence-electron chi connectivity index (χ2n) is 7.35. The Balaban J connectivity index is 1.69. The second-order valence-corrected chi connectivity index (χ2v) is 7.35. The number of carbonyl (C=O) groups excluding carboxylic acids is 2. The van der Waals surface area contributed by atoms with Gasteiger partial charge in [-0.05, 0) is 24.3 Å². The standard InChI is InChI=1S/C22H24N2O6/c1-28-16-5-2-4-15(14-16)20(25)18-19(17-6-3-11-30-17)24(22(27)21(18)26)8-7-23-9-12-29-13-10-23/h2-6,11,14,19,25H,7-10,12-13H2,1H3/p+1/t19-/m0/s1. The predicted molar refractivity (Wildman–Crippen MR) is 107 cm³/mol. The van der Waals surface area contributed by atoms with Crippen molar-refractivity contribution in [3.8, 4) is 5.75 Å². The molecular formula is C22H25N2O6+. The van der Waals surface area contributed by atoms with Crippen molar-refractivity contribution in [2.24, 2.45) is 0 Å². The third kappa shape index (κ3) is 3.83. The van der Waals surface area contributed by atoms with E-state index in [-0.39, 0.29) is 11.3 Å². The predicted octanol–water partition coefficient (Wildman–Crippen LogP) is 0.625. The van der Waals surface area contributed by atoms with Gasteiger partial charge in [0.2, 0.25) is 0 Å². The minimum absolute atomic E-state index is 0.0279. The Morgan fingerprint density at radius 3 is 2.73 bits per heavy atom. The third-order valence-electron chi connectivity index (χ3n) is 5.60. The minimum atomic E-state index is -0.772. The summed E-state index contributed by atoms with van der Waals surface area (Å²) in [5.74, 6) is -0.605. The minimum Gasteiger partial charge on any atom is -0.507 e. The van der Waals surface area contributed by atoms with E-state index < -0.39 is 17.7 Å². The van der Waals surface area contributed by atoms with Gasteiger partial charge in [0.05, 0.1) is 45.2 Å². The molecule has 2 aliphatic rings. The smallest absolute Gasteiger partial charge is 0.295 e. The first kappa shape index (κ1) is 20.2. The first-order valence-electron chi connectivity index (χ1n) is 9.97. The summed E-state index contributed by atoms with van der Waals surface area (Å²) in [4.78, 5) is 28.6. The van der Waals surface area contributed by atoms with Crippen LogP contribution in [0.4, 0.5) is 0 Å². The van der Waals surface area contributed by atoms with E-state index in [0.717, 1.165) is 13.1 Å². The lowest BCUT2D eigenvalue weighted by atomic mass is 9.99. The van der Waals surface area contributed by atoms with Gasteiger partial charge >= 0.3 is 0 Å². The van der Waals surface area contributed by atoms with Crippen LogP contribution in [0.3, 0.4) is 0 Å². The number of furan rings is 1. The second kappa shape index (κ2) is 8.73. The van der Waals surface area contributed by atoms with Crippen molar-refractivity contribution in [3.05, 3.63) is 59.6 Å². The topological polar surface area (TPSA) is 93.7 Å². The summed E-state index contributed by atoms with van der Waals surface area (Å²) in [7, 11) is 1.52. The summed E-state index contributed by atoms with van der Waals surface area (Å²) in [5.41, 5.74) is 0.433. The number of ether oxygens (including phenoxy) is 2. The van der Waals surface area contributed by atoms with Gasteiger partial charge in [0.15, 0.2) is 0 Å². The maximum Gasteiger partial charge on any atom is 0.295 e. The van der Waals surface area contributed by atoms with Gasteiger partial charge in [0.25, 0.3) is 11.7 Å². The number of likely N-dealkylation sites (tertiary alicyclic amines) is 1. The molecule has 0 unspecified atom stereocenters. The highest BCUT2D eigenvalue weighted by Crippen LogP contribution is 2.39. The highest BCUT2D eigenvalue weighted by Gasteiger charge is 2.47. The summed E-state index contributed by atoms with van der Waals surface area (Å²) in [6, 6.07) is 9.39. The SMILES string of the molecule is COc1cccc(C(O)=C2C(=O)C(=O)N(CC[NH+]3CCOCC3)[C@H]2c2ccco2)c1. The number of methoxy groups -OCH3 is 1. The van der Waals surface area contributed by atoms with Crippen LogP contribution in [0.5, 0.6) is 5.75 Å². The third-order valence-corrected chi connectivity index (χ3v) is 5.60. The normalized spacial score (nSPS) is 21.9. The molecule has 1 aromatic carbocycles. The molecule has 0 bridgehead atoms.